The van der Waals surface area contributed by atoms with Crippen molar-refractivity contribution in [3.63, 3.8) is 0 Å². The normalized spacial score (nSPS) is 16.7. The number of benzene rings is 2. The Hall–Kier alpha value is -3.39. The van der Waals surface area contributed by atoms with Crippen molar-refractivity contribution >= 4 is 5.96 Å². The summed E-state index contributed by atoms with van der Waals surface area (Å²) in [5.74, 6) is 3.17. The standard InChI is InChI=1S/C24H30N6O2/c1-17-28-29-23(30(17)2)15-26-24(25-14-19(16-31)18-8-4-3-5-9-18)27-21-12-13-32-22-11-7-6-10-20(21)22/h3-11,19,21,31H,12-16H2,1-2H3,(H2,25,26,27). The van der Waals surface area contributed by atoms with Crippen LogP contribution in [0.1, 0.15) is 41.2 Å². The molecular formula is C24H30N6O2. The van der Waals surface area contributed by atoms with E-state index in [1.54, 1.807) is 0 Å². The molecule has 2 atom stereocenters. The summed E-state index contributed by atoms with van der Waals surface area (Å²) in [4.78, 5) is 4.78. The van der Waals surface area contributed by atoms with E-state index in [1.807, 2.05) is 67.1 Å². The Morgan fingerprint density at radius 2 is 1.97 bits per heavy atom. The molecule has 2 heterocycles. The topological polar surface area (TPSA) is 96.6 Å². The summed E-state index contributed by atoms with van der Waals surface area (Å²) < 4.78 is 7.74. The van der Waals surface area contributed by atoms with E-state index < -0.39 is 0 Å². The van der Waals surface area contributed by atoms with E-state index in [1.165, 1.54) is 0 Å². The molecule has 8 heteroatoms. The molecule has 0 saturated carbocycles. The number of rotatable bonds is 7. The highest BCUT2D eigenvalue weighted by atomic mass is 16.5. The number of hydrogen-bond acceptors (Lipinski definition) is 5. The fraction of sp³-hybridized carbons (Fsp3) is 0.375. The Kier molecular flexibility index (Phi) is 7.01. The van der Waals surface area contributed by atoms with Crippen LogP contribution in [-0.4, -0.2) is 45.6 Å². The molecule has 1 aliphatic heterocycles. The Balaban J connectivity index is 1.53. The third kappa shape index (κ3) is 5.08. The number of aliphatic imine (C=N–C) groups is 1. The predicted octanol–water partition coefficient (Wildman–Crippen LogP) is 2.46. The van der Waals surface area contributed by atoms with Gasteiger partial charge in [0.05, 0.1) is 19.3 Å². The number of aryl methyl sites for hydroxylation is 1. The number of nitrogens with zero attached hydrogens (tertiary/aromatic N) is 4. The van der Waals surface area contributed by atoms with Crippen molar-refractivity contribution in [2.45, 2.75) is 31.8 Å². The molecule has 0 bridgehead atoms. The molecule has 1 aromatic heterocycles. The molecule has 0 fully saturated rings. The molecule has 3 aromatic rings. The van der Waals surface area contributed by atoms with E-state index in [2.05, 4.69) is 26.9 Å². The maximum Gasteiger partial charge on any atom is 0.192 e. The van der Waals surface area contributed by atoms with Crippen molar-refractivity contribution in [2.75, 3.05) is 19.8 Å². The van der Waals surface area contributed by atoms with Gasteiger partial charge in [-0.2, -0.15) is 0 Å². The number of aliphatic hydroxyl groups excluding tert-OH is 1. The zero-order valence-electron chi connectivity index (χ0n) is 18.5. The third-order valence-corrected chi connectivity index (χ3v) is 5.84. The summed E-state index contributed by atoms with van der Waals surface area (Å²) in [7, 11) is 1.94. The molecule has 3 N–H and O–H groups in total. The number of aliphatic hydroxyl groups is 1. The lowest BCUT2D eigenvalue weighted by Gasteiger charge is -2.28. The minimum absolute atomic E-state index is 0.0396. The highest BCUT2D eigenvalue weighted by molar-refractivity contribution is 5.80. The van der Waals surface area contributed by atoms with Crippen molar-refractivity contribution in [3.8, 4) is 5.75 Å². The third-order valence-electron chi connectivity index (χ3n) is 5.84. The minimum Gasteiger partial charge on any atom is -0.493 e. The molecule has 1 aliphatic rings. The average Bonchev–Trinajstić information content (AvgIpc) is 3.16. The van der Waals surface area contributed by atoms with Crippen molar-refractivity contribution < 1.29 is 9.84 Å². The first-order chi connectivity index (χ1) is 15.7. The molecule has 0 amide bonds. The maximum atomic E-state index is 9.95. The Bertz CT molecular complexity index is 1050. The van der Waals surface area contributed by atoms with E-state index in [0.717, 1.165) is 34.9 Å². The Labute approximate surface area is 188 Å². The first-order valence-corrected chi connectivity index (χ1v) is 10.9. The van der Waals surface area contributed by atoms with Crippen molar-refractivity contribution in [3.05, 3.63) is 77.4 Å². The number of ether oxygens (including phenoxy) is 1. The van der Waals surface area contributed by atoms with Gasteiger partial charge in [-0.3, -0.25) is 0 Å². The van der Waals surface area contributed by atoms with E-state index >= 15 is 0 Å². The Morgan fingerprint density at radius 1 is 1.19 bits per heavy atom. The van der Waals surface area contributed by atoms with Gasteiger partial charge in [0.15, 0.2) is 11.8 Å². The molecule has 0 spiro atoms. The lowest BCUT2D eigenvalue weighted by atomic mass is 10.00. The van der Waals surface area contributed by atoms with Crippen LogP contribution >= 0.6 is 0 Å². The number of guanidine groups is 1. The summed E-state index contributed by atoms with van der Waals surface area (Å²) >= 11 is 0. The number of aromatic nitrogens is 3. The van der Waals surface area contributed by atoms with Crippen LogP contribution in [0.4, 0.5) is 0 Å². The molecule has 168 valence electrons. The summed E-state index contributed by atoms with van der Waals surface area (Å²) in [6.07, 6.45) is 0.836. The van der Waals surface area contributed by atoms with Gasteiger partial charge in [0.25, 0.3) is 0 Å². The molecule has 0 aliphatic carbocycles. The van der Waals surface area contributed by atoms with Crippen LogP contribution in [0.2, 0.25) is 0 Å². The molecule has 4 rings (SSSR count). The van der Waals surface area contributed by atoms with E-state index in [-0.39, 0.29) is 18.6 Å². The van der Waals surface area contributed by atoms with Crippen molar-refractivity contribution in [1.29, 1.82) is 0 Å². The SMILES string of the molecule is Cc1nnc(CN=C(NCC(CO)c2ccccc2)NC2CCOc3ccccc32)n1C. The highest BCUT2D eigenvalue weighted by Crippen LogP contribution is 2.31. The van der Waals surface area contributed by atoms with Gasteiger partial charge in [0.1, 0.15) is 18.1 Å². The van der Waals surface area contributed by atoms with Crippen LogP contribution < -0.4 is 15.4 Å². The molecule has 0 saturated heterocycles. The first kappa shape index (κ1) is 21.8. The second-order valence-corrected chi connectivity index (χ2v) is 7.93. The second-order valence-electron chi connectivity index (χ2n) is 7.93. The number of fused-ring (bicyclic) bond motifs is 1. The zero-order chi connectivity index (χ0) is 22.3. The van der Waals surface area contributed by atoms with Crippen LogP contribution in [-0.2, 0) is 13.6 Å². The molecule has 0 radical (unpaired) electrons. The van der Waals surface area contributed by atoms with E-state index in [9.17, 15) is 5.11 Å². The molecule has 2 aromatic carbocycles. The maximum absolute atomic E-state index is 9.95. The summed E-state index contributed by atoms with van der Waals surface area (Å²) in [6, 6.07) is 18.2. The largest absolute Gasteiger partial charge is 0.493 e. The van der Waals surface area contributed by atoms with E-state index in [0.29, 0.717) is 25.7 Å². The van der Waals surface area contributed by atoms with Crippen LogP contribution in [0.5, 0.6) is 5.75 Å². The number of para-hydroxylation sites is 1. The van der Waals surface area contributed by atoms with Gasteiger partial charge in [-0.1, -0.05) is 48.5 Å². The van der Waals surface area contributed by atoms with Crippen molar-refractivity contribution in [1.82, 2.24) is 25.4 Å². The van der Waals surface area contributed by atoms with Crippen molar-refractivity contribution in [2.24, 2.45) is 12.0 Å². The smallest absolute Gasteiger partial charge is 0.192 e. The summed E-state index contributed by atoms with van der Waals surface area (Å²) in [6.45, 7) is 3.56. The van der Waals surface area contributed by atoms with Gasteiger partial charge < -0.3 is 25.0 Å². The summed E-state index contributed by atoms with van der Waals surface area (Å²) in [5, 5.41) is 25.3. The lowest BCUT2D eigenvalue weighted by molar-refractivity contribution is 0.259. The quantitative estimate of drug-likeness (QED) is 0.391. The number of hydrogen-bond donors (Lipinski definition) is 3. The average molecular weight is 435 g/mol. The van der Waals surface area contributed by atoms with Crippen LogP contribution in [0, 0.1) is 6.92 Å². The van der Waals surface area contributed by atoms with Gasteiger partial charge in [-0.05, 0) is 18.6 Å². The van der Waals surface area contributed by atoms with Gasteiger partial charge in [0, 0.05) is 31.5 Å². The Morgan fingerprint density at radius 3 is 2.72 bits per heavy atom. The zero-order valence-corrected chi connectivity index (χ0v) is 18.5. The first-order valence-electron chi connectivity index (χ1n) is 10.9. The van der Waals surface area contributed by atoms with Gasteiger partial charge in [0.2, 0.25) is 0 Å². The number of nitrogens with one attached hydrogen (secondary N) is 2. The van der Waals surface area contributed by atoms with E-state index in [4.69, 9.17) is 9.73 Å². The minimum atomic E-state index is -0.0396. The lowest BCUT2D eigenvalue weighted by Crippen LogP contribution is -2.43. The fourth-order valence-corrected chi connectivity index (χ4v) is 3.78. The van der Waals surface area contributed by atoms with Gasteiger partial charge in [-0.15, -0.1) is 10.2 Å². The monoisotopic (exact) mass is 434 g/mol. The second kappa shape index (κ2) is 10.3. The van der Waals surface area contributed by atoms with Crippen LogP contribution in [0.25, 0.3) is 0 Å². The van der Waals surface area contributed by atoms with Crippen LogP contribution in [0.3, 0.4) is 0 Å². The molecular weight excluding hydrogens is 404 g/mol. The molecule has 32 heavy (non-hydrogen) atoms. The van der Waals surface area contributed by atoms with Gasteiger partial charge in [-0.25, -0.2) is 4.99 Å². The van der Waals surface area contributed by atoms with Crippen LogP contribution in [0.15, 0.2) is 59.6 Å². The highest BCUT2D eigenvalue weighted by Gasteiger charge is 2.22. The van der Waals surface area contributed by atoms with Gasteiger partial charge >= 0.3 is 0 Å². The summed E-state index contributed by atoms with van der Waals surface area (Å²) in [5.41, 5.74) is 2.20. The predicted molar refractivity (Wildman–Crippen MR) is 124 cm³/mol. The molecule has 8 nitrogen and oxygen atoms in total. The molecule has 2 unspecified atom stereocenters. The fourth-order valence-electron chi connectivity index (χ4n) is 3.78.